The maximum atomic E-state index is 11.6. The fourth-order valence-corrected chi connectivity index (χ4v) is 3.87. The number of hydrogen-bond donors (Lipinski definition) is 1. The van der Waals surface area contributed by atoms with Crippen LogP contribution in [0, 0.1) is 0 Å². The molecule has 0 saturated carbocycles. The first-order valence-corrected chi connectivity index (χ1v) is 9.66. The van der Waals surface area contributed by atoms with E-state index in [0.717, 1.165) is 10.8 Å². The minimum Gasteiger partial charge on any atom is -0.459 e. The van der Waals surface area contributed by atoms with E-state index in [4.69, 9.17) is 4.74 Å². The second-order valence-corrected chi connectivity index (χ2v) is 8.77. The zero-order chi connectivity index (χ0) is 16.6. The Morgan fingerprint density at radius 2 is 1.77 bits per heavy atom. The van der Waals surface area contributed by atoms with Gasteiger partial charge in [0.2, 0.25) is 5.91 Å². The number of esters is 1. The Morgan fingerprint density at radius 1 is 1.18 bits per heavy atom. The predicted octanol–water partition coefficient (Wildman–Crippen LogP) is 2.59. The highest BCUT2D eigenvalue weighted by Crippen LogP contribution is 2.28. The van der Waals surface area contributed by atoms with E-state index in [0.29, 0.717) is 16.6 Å². The number of ether oxygens (including phenoxy) is 1. The third-order valence-corrected chi connectivity index (χ3v) is 5.18. The van der Waals surface area contributed by atoms with Crippen LogP contribution in [0.2, 0.25) is 0 Å². The quantitative estimate of drug-likeness (QED) is 0.561. The molecule has 0 aromatic carbocycles. The van der Waals surface area contributed by atoms with Gasteiger partial charge in [-0.3, -0.25) is 9.59 Å². The van der Waals surface area contributed by atoms with Crippen molar-refractivity contribution in [2.75, 3.05) is 18.1 Å². The molecule has 0 bridgehead atoms. The van der Waals surface area contributed by atoms with Crippen LogP contribution < -0.4 is 5.32 Å². The van der Waals surface area contributed by atoms with Crippen molar-refractivity contribution < 1.29 is 14.3 Å². The fourth-order valence-electron chi connectivity index (χ4n) is 1.25. The molecule has 1 heterocycles. The highest BCUT2D eigenvalue weighted by molar-refractivity contribution is 8.03. The second-order valence-electron chi connectivity index (χ2n) is 5.35. The van der Waals surface area contributed by atoms with E-state index in [1.165, 1.54) is 34.9 Å². The summed E-state index contributed by atoms with van der Waals surface area (Å²) in [6, 6.07) is 0. The predicted molar refractivity (Wildman–Crippen MR) is 90.5 cm³/mol. The van der Waals surface area contributed by atoms with E-state index in [2.05, 4.69) is 15.5 Å². The van der Waals surface area contributed by atoms with Gasteiger partial charge in [0.05, 0.1) is 11.5 Å². The van der Waals surface area contributed by atoms with Crippen molar-refractivity contribution in [3.05, 3.63) is 0 Å². The van der Waals surface area contributed by atoms with Crippen LogP contribution in [-0.2, 0) is 14.3 Å². The van der Waals surface area contributed by atoms with Gasteiger partial charge in [0.1, 0.15) is 5.60 Å². The van der Waals surface area contributed by atoms with E-state index >= 15 is 0 Å². The maximum absolute atomic E-state index is 11.6. The fraction of sp³-hybridized carbons (Fsp3) is 0.692. The van der Waals surface area contributed by atoms with E-state index < -0.39 is 5.60 Å². The van der Waals surface area contributed by atoms with Crippen LogP contribution in [0.5, 0.6) is 0 Å². The summed E-state index contributed by atoms with van der Waals surface area (Å²) in [6.45, 7) is 8.19. The summed E-state index contributed by atoms with van der Waals surface area (Å²) in [4.78, 5) is 23.1. The number of aromatic nitrogens is 2. The molecule has 0 radical (unpaired) electrons. The molecule has 0 unspecified atom stereocenters. The molecule has 9 heteroatoms. The number of carbonyl (C=O) groups excluding carboxylic acids is 2. The molecule has 1 aromatic heterocycles. The molecule has 1 amide bonds. The monoisotopic (exact) mass is 363 g/mol. The van der Waals surface area contributed by atoms with Crippen molar-refractivity contribution in [2.24, 2.45) is 0 Å². The number of nitrogens with one attached hydrogen (secondary N) is 1. The molecule has 1 aromatic rings. The Bertz CT molecular complexity index is 500. The molecule has 0 aliphatic rings. The lowest BCUT2D eigenvalue weighted by Crippen LogP contribution is -2.25. The Labute approximate surface area is 143 Å². The third kappa shape index (κ3) is 8.60. The summed E-state index contributed by atoms with van der Waals surface area (Å²) in [6.07, 6.45) is 0.917. The lowest BCUT2D eigenvalue weighted by molar-refractivity contribution is -0.151. The Kier molecular flexibility index (Phi) is 8.19. The Hall–Kier alpha value is -0.800. The van der Waals surface area contributed by atoms with Gasteiger partial charge in [0.15, 0.2) is 8.68 Å². The summed E-state index contributed by atoms with van der Waals surface area (Å²) in [5.41, 5.74) is -0.481. The lowest BCUT2D eigenvalue weighted by atomic mass is 10.2. The molecule has 0 atom stereocenters. The van der Waals surface area contributed by atoms with Gasteiger partial charge in [-0.05, 0) is 27.2 Å². The van der Waals surface area contributed by atoms with Crippen molar-refractivity contribution in [1.29, 1.82) is 0 Å². The molecule has 0 saturated heterocycles. The molecule has 6 nitrogen and oxygen atoms in total. The van der Waals surface area contributed by atoms with Crippen LogP contribution in [0.25, 0.3) is 0 Å². The summed E-state index contributed by atoms with van der Waals surface area (Å²) >= 11 is 4.02. The van der Waals surface area contributed by atoms with Gasteiger partial charge in [-0.15, -0.1) is 10.2 Å². The molecule has 1 N–H and O–H groups in total. The molecular formula is C13H21N3O3S3. The van der Waals surface area contributed by atoms with Gasteiger partial charge < -0.3 is 10.1 Å². The normalized spacial score (nSPS) is 11.3. The molecule has 0 aliphatic heterocycles. The van der Waals surface area contributed by atoms with Crippen LogP contribution in [0.15, 0.2) is 8.68 Å². The summed E-state index contributed by atoms with van der Waals surface area (Å²) < 4.78 is 6.64. The van der Waals surface area contributed by atoms with Gasteiger partial charge in [-0.2, -0.15) is 0 Å². The molecule has 1 rings (SSSR count). The van der Waals surface area contributed by atoms with Gasteiger partial charge in [0, 0.05) is 6.54 Å². The van der Waals surface area contributed by atoms with Crippen LogP contribution in [-0.4, -0.2) is 45.7 Å². The maximum Gasteiger partial charge on any atom is 0.316 e. The number of carbonyl (C=O) groups is 2. The number of amides is 1. The van der Waals surface area contributed by atoms with Crippen LogP contribution in [0.1, 0.15) is 34.1 Å². The zero-order valence-electron chi connectivity index (χ0n) is 13.2. The summed E-state index contributed by atoms with van der Waals surface area (Å²) in [7, 11) is 0. The van der Waals surface area contributed by atoms with Crippen molar-refractivity contribution in [2.45, 2.75) is 48.4 Å². The van der Waals surface area contributed by atoms with Gasteiger partial charge in [-0.25, -0.2) is 0 Å². The van der Waals surface area contributed by atoms with Crippen molar-refractivity contribution in [3.8, 4) is 0 Å². The van der Waals surface area contributed by atoms with Crippen LogP contribution in [0.4, 0.5) is 0 Å². The van der Waals surface area contributed by atoms with E-state index in [9.17, 15) is 9.59 Å². The first-order valence-electron chi connectivity index (χ1n) is 6.88. The SMILES string of the molecule is CCCNC(=O)CSc1nnc(SCC(=O)OC(C)(C)C)s1. The molecule has 124 valence electrons. The van der Waals surface area contributed by atoms with Crippen LogP contribution in [0.3, 0.4) is 0 Å². The Balaban J connectivity index is 2.32. The largest absolute Gasteiger partial charge is 0.459 e. The minimum absolute atomic E-state index is 0.00925. The highest BCUT2D eigenvalue weighted by atomic mass is 32.2. The lowest BCUT2D eigenvalue weighted by Gasteiger charge is -2.18. The van der Waals surface area contributed by atoms with Crippen molar-refractivity contribution >= 4 is 46.7 Å². The molecule has 0 aliphatic carbocycles. The number of hydrogen-bond acceptors (Lipinski definition) is 8. The smallest absolute Gasteiger partial charge is 0.316 e. The summed E-state index contributed by atoms with van der Waals surface area (Å²) in [5, 5.41) is 10.8. The topological polar surface area (TPSA) is 81.2 Å². The molecular weight excluding hydrogens is 342 g/mol. The average Bonchev–Trinajstić information content (AvgIpc) is 2.86. The van der Waals surface area contributed by atoms with Gasteiger partial charge in [-0.1, -0.05) is 41.8 Å². The second kappa shape index (κ2) is 9.36. The zero-order valence-corrected chi connectivity index (χ0v) is 15.6. The van der Waals surface area contributed by atoms with Gasteiger partial charge >= 0.3 is 5.97 Å². The van der Waals surface area contributed by atoms with Crippen molar-refractivity contribution in [3.63, 3.8) is 0 Å². The standard InChI is InChI=1S/C13H21N3O3S3/c1-5-6-14-9(17)7-20-11-15-16-12(22-11)21-8-10(18)19-13(2,3)4/h5-8H2,1-4H3,(H,14,17). The van der Waals surface area contributed by atoms with Crippen molar-refractivity contribution in [1.82, 2.24) is 15.5 Å². The number of rotatable bonds is 8. The minimum atomic E-state index is -0.481. The number of thioether (sulfide) groups is 2. The molecule has 0 spiro atoms. The van der Waals surface area contributed by atoms with Gasteiger partial charge in [0.25, 0.3) is 0 Å². The average molecular weight is 364 g/mol. The molecule has 0 fully saturated rings. The van der Waals surface area contributed by atoms with Crippen LogP contribution >= 0.6 is 34.9 Å². The highest BCUT2D eigenvalue weighted by Gasteiger charge is 2.17. The van der Waals surface area contributed by atoms with E-state index in [-0.39, 0.29) is 17.6 Å². The first kappa shape index (κ1) is 19.2. The number of nitrogens with zero attached hydrogens (tertiary/aromatic N) is 2. The van der Waals surface area contributed by atoms with E-state index in [1.54, 1.807) is 0 Å². The summed E-state index contributed by atoms with van der Waals surface area (Å²) in [5.74, 6) is 0.240. The molecule has 22 heavy (non-hydrogen) atoms. The van der Waals surface area contributed by atoms with E-state index in [1.807, 2.05) is 27.7 Å². The Morgan fingerprint density at radius 3 is 2.32 bits per heavy atom. The third-order valence-electron chi connectivity index (χ3n) is 2.02. The first-order chi connectivity index (χ1) is 10.3.